The lowest BCUT2D eigenvalue weighted by Gasteiger charge is -2.24. The van der Waals surface area contributed by atoms with Crippen LogP contribution >= 0.6 is 15.9 Å². The van der Waals surface area contributed by atoms with Gasteiger partial charge in [-0.05, 0) is 53.7 Å². The first kappa shape index (κ1) is 12.1. The Morgan fingerprint density at radius 2 is 2.12 bits per heavy atom. The molecule has 1 fully saturated rings. The van der Waals surface area contributed by atoms with E-state index in [0.717, 1.165) is 11.5 Å². The highest BCUT2D eigenvalue weighted by atomic mass is 79.9. The van der Waals surface area contributed by atoms with Crippen molar-refractivity contribution in [3.05, 3.63) is 34.1 Å². The van der Waals surface area contributed by atoms with Crippen molar-refractivity contribution in [3.8, 4) is 0 Å². The summed E-state index contributed by atoms with van der Waals surface area (Å²) < 4.78 is 14.5. The van der Waals surface area contributed by atoms with Gasteiger partial charge in [0.15, 0.2) is 0 Å². The van der Waals surface area contributed by atoms with Crippen LogP contribution in [0.4, 0.5) is 4.39 Å². The molecule has 0 spiro atoms. The van der Waals surface area contributed by atoms with E-state index in [4.69, 9.17) is 0 Å². The minimum absolute atomic E-state index is 0.116. The third-order valence-electron chi connectivity index (χ3n) is 3.52. The summed E-state index contributed by atoms with van der Waals surface area (Å²) in [7, 11) is 1.91. The Hall–Kier alpha value is -0.410. The zero-order valence-electron chi connectivity index (χ0n) is 9.63. The fourth-order valence-corrected chi connectivity index (χ4v) is 2.74. The summed E-state index contributed by atoms with van der Waals surface area (Å²) >= 11 is 3.24. The second kappa shape index (κ2) is 4.84. The van der Waals surface area contributed by atoms with Crippen molar-refractivity contribution in [2.75, 3.05) is 7.05 Å². The molecule has 2 rings (SSSR count). The average molecular weight is 286 g/mol. The highest BCUT2D eigenvalue weighted by molar-refractivity contribution is 9.10. The van der Waals surface area contributed by atoms with Crippen LogP contribution < -0.4 is 5.32 Å². The van der Waals surface area contributed by atoms with Crippen LogP contribution in [0.3, 0.4) is 0 Å². The summed E-state index contributed by atoms with van der Waals surface area (Å²) in [5.74, 6) is 1.12. The van der Waals surface area contributed by atoms with E-state index in [1.54, 1.807) is 6.07 Å². The van der Waals surface area contributed by atoms with Gasteiger partial charge in [-0.1, -0.05) is 19.1 Å². The van der Waals surface area contributed by atoms with E-state index < -0.39 is 0 Å². The molecule has 1 aliphatic carbocycles. The van der Waals surface area contributed by atoms with Crippen LogP contribution in [0.2, 0.25) is 0 Å². The Labute approximate surface area is 105 Å². The molecule has 3 heteroatoms. The Kier molecular flexibility index (Phi) is 3.65. The van der Waals surface area contributed by atoms with Crippen LogP contribution in [-0.2, 0) is 0 Å². The molecular formula is C13H17BrFN. The van der Waals surface area contributed by atoms with Crippen LogP contribution in [-0.4, -0.2) is 7.05 Å². The van der Waals surface area contributed by atoms with Crippen LogP contribution in [0, 0.1) is 17.7 Å². The molecule has 1 aliphatic rings. The molecule has 0 heterocycles. The Morgan fingerprint density at radius 3 is 2.69 bits per heavy atom. The van der Waals surface area contributed by atoms with Crippen molar-refractivity contribution in [1.82, 2.24) is 5.32 Å². The summed E-state index contributed by atoms with van der Waals surface area (Å²) in [4.78, 5) is 0. The van der Waals surface area contributed by atoms with Gasteiger partial charge in [0.2, 0.25) is 0 Å². The first-order valence-electron chi connectivity index (χ1n) is 5.76. The van der Waals surface area contributed by atoms with Gasteiger partial charge < -0.3 is 5.32 Å². The maximum atomic E-state index is 14.0. The highest BCUT2D eigenvalue weighted by Crippen LogP contribution is 2.43. The summed E-state index contributed by atoms with van der Waals surface area (Å²) in [5.41, 5.74) is 0.774. The molecule has 1 nitrogen and oxygen atoms in total. The number of rotatable bonds is 4. The van der Waals surface area contributed by atoms with E-state index in [2.05, 4.69) is 28.2 Å². The SMILES string of the molecule is CNC(c1cccc(Br)c1F)C(C)C1CC1. The van der Waals surface area contributed by atoms with Crippen molar-refractivity contribution < 1.29 is 4.39 Å². The van der Waals surface area contributed by atoms with Crippen molar-refractivity contribution in [1.29, 1.82) is 0 Å². The molecule has 2 unspecified atom stereocenters. The van der Waals surface area contributed by atoms with E-state index in [-0.39, 0.29) is 11.9 Å². The zero-order valence-corrected chi connectivity index (χ0v) is 11.2. The summed E-state index contributed by atoms with van der Waals surface area (Å²) in [5, 5.41) is 3.25. The van der Waals surface area contributed by atoms with Gasteiger partial charge in [-0.15, -0.1) is 0 Å². The standard InChI is InChI=1S/C13H17BrFN/c1-8(9-6-7-9)13(16-2)10-4-3-5-11(14)12(10)15/h3-5,8-9,13,16H,6-7H2,1-2H3. The normalized spacial score (nSPS) is 19.5. The molecule has 1 saturated carbocycles. The van der Waals surface area contributed by atoms with Gasteiger partial charge in [-0.25, -0.2) is 4.39 Å². The molecule has 0 bridgehead atoms. The fourth-order valence-electron chi connectivity index (χ4n) is 2.36. The van der Waals surface area contributed by atoms with Crippen LogP contribution in [0.1, 0.15) is 31.4 Å². The fraction of sp³-hybridized carbons (Fsp3) is 0.538. The van der Waals surface area contributed by atoms with E-state index in [0.29, 0.717) is 10.4 Å². The topological polar surface area (TPSA) is 12.0 Å². The van der Waals surface area contributed by atoms with Crippen LogP contribution in [0.15, 0.2) is 22.7 Å². The minimum atomic E-state index is -0.130. The monoisotopic (exact) mass is 285 g/mol. The van der Waals surface area contributed by atoms with E-state index >= 15 is 0 Å². The molecule has 1 N–H and O–H groups in total. The molecular weight excluding hydrogens is 269 g/mol. The van der Waals surface area contributed by atoms with Crippen molar-refractivity contribution in [2.45, 2.75) is 25.8 Å². The van der Waals surface area contributed by atoms with Crippen molar-refractivity contribution >= 4 is 15.9 Å². The largest absolute Gasteiger partial charge is 0.313 e. The van der Waals surface area contributed by atoms with Gasteiger partial charge in [0.1, 0.15) is 5.82 Å². The predicted molar refractivity (Wildman–Crippen MR) is 67.8 cm³/mol. The first-order valence-corrected chi connectivity index (χ1v) is 6.55. The third kappa shape index (κ3) is 2.30. The zero-order chi connectivity index (χ0) is 11.7. The molecule has 0 radical (unpaired) electrons. The molecule has 88 valence electrons. The number of hydrogen-bond acceptors (Lipinski definition) is 1. The number of benzene rings is 1. The Morgan fingerprint density at radius 1 is 1.44 bits per heavy atom. The molecule has 16 heavy (non-hydrogen) atoms. The van der Waals surface area contributed by atoms with E-state index in [1.807, 2.05) is 19.2 Å². The van der Waals surface area contributed by atoms with E-state index in [1.165, 1.54) is 12.8 Å². The van der Waals surface area contributed by atoms with E-state index in [9.17, 15) is 4.39 Å². The molecule has 0 aliphatic heterocycles. The minimum Gasteiger partial charge on any atom is -0.313 e. The third-order valence-corrected chi connectivity index (χ3v) is 4.13. The van der Waals surface area contributed by atoms with Gasteiger partial charge in [-0.2, -0.15) is 0 Å². The Balaban J connectivity index is 2.28. The number of nitrogens with one attached hydrogen (secondary N) is 1. The lowest BCUT2D eigenvalue weighted by molar-refractivity contribution is 0.358. The quantitative estimate of drug-likeness (QED) is 0.885. The maximum absolute atomic E-state index is 14.0. The first-order chi connectivity index (χ1) is 7.65. The van der Waals surface area contributed by atoms with Crippen molar-refractivity contribution in [3.63, 3.8) is 0 Å². The van der Waals surface area contributed by atoms with Gasteiger partial charge in [0.05, 0.1) is 4.47 Å². The molecule has 0 aromatic heterocycles. The second-order valence-electron chi connectivity index (χ2n) is 4.61. The van der Waals surface area contributed by atoms with Crippen LogP contribution in [0.25, 0.3) is 0 Å². The lowest BCUT2D eigenvalue weighted by atomic mass is 9.90. The van der Waals surface area contributed by atoms with Crippen molar-refractivity contribution in [2.24, 2.45) is 11.8 Å². The summed E-state index contributed by atoms with van der Waals surface area (Å²) in [6.07, 6.45) is 2.57. The lowest BCUT2D eigenvalue weighted by Crippen LogP contribution is -2.25. The summed E-state index contributed by atoms with van der Waals surface area (Å²) in [6.45, 7) is 2.21. The highest BCUT2D eigenvalue weighted by Gasteiger charge is 2.34. The molecule has 1 aromatic rings. The summed E-state index contributed by atoms with van der Waals surface area (Å²) in [6, 6.07) is 5.63. The van der Waals surface area contributed by atoms with Gasteiger partial charge >= 0.3 is 0 Å². The maximum Gasteiger partial charge on any atom is 0.142 e. The predicted octanol–water partition coefficient (Wildman–Crippen LogP) is 3.89. The van der Waals surface area contributed by atoms with Crippen LogP contribution in [0.5, 0.6) is 0 Å². The molecule has 1 aromatic carbocycles. The molecule has 2 atom stereocenters. The number of hydrogen-bond donors (Lipinski definition) is 1. The van der Waals surface area contributed by atoms with Gasteiger partial charge in [0, 0.05) is 11.6 Å². The average Bonchev–Trinajstić information content (AvgIpc) is 3.08. The Bertz CT molecular complexity index is 376. The molecule has 0 saturated heterocycles. The number of halogens is 2. The smallest absolute Gasteiger partial charge is 0.142 e. The molecule has 0 amide bonds. The van der Waals surface area contributed by atoms with Gasteiger partial charge in [0.25, 0.3) is 0 Å². The second-order valence-corrected chi connectivity index (χ2v) is 5.46. The van der Waals surface area contributed by atoms with Gasteiger partial charge in [-0.3, -0.25) is 0 Å².